The summed E-state index contributed by atoms with van der Waals surface area (Å²) in [7, 11) is 0. The van der Waals surface area contributed by atoms with Crippen molar-refractivity contribution in [2.75, 3.05) is 0 Å². The van der Waals surface area contributed by atoms with Gasteiger partial charge in [0.15, 0.2) is 0 Å². The van der Waals surface area contributed by atoms with E-state index in [1.54, 1.807) is 0 Å². The fourth-order valence-electron chi connectivity index (χ4n) is 13.7. The summed E-state index contributed by atoms with van der Waals surface area (Å²) in [6.07, 6.45) is 0. The van der Waals surface area contributed by atoms with Gasteiger partial charge in [-0.25, -0.2) is 9.97 Å². The number of aromatic nitrogens is 4. The summed E-state index contributed by atoms with van der Waals surface area (Å²) >= 11 is 0. The molecule has 0 amide bonds. The van der Waals surface area contributed by atoms with Crippen LogP contribution >= 0.6 is 0 Å². The number of nitrogens with zero attached hydrogens (tertiary/aromatic N) is 4. The third kappa shape index (κ3) is 8.30. The molecule has 0 spiro atoms. The van der Waals surface area contributed by atoms with Crippen LogP contribution in [0.1, 0.15) is 0 Å². The molecule has 0 aliphatic heterocycles. The summed E-state index contributed by atoms with van der Waals surface area (Å²) in [5.41, 5.74) is 21.6. The van der Waals surface area contributed by atoms with E-state index < -0.39 is 0 Å². The van der Waals surface area contributed by atoms with Crippen molar-refractivity contribution < 1.29 is 0 Å². The molecule has 4 nitrogen and oxygen atoms in total. The van der Waals surface area contributed by atoms with Crippen molar-refractivity contribution in [2.24, 2.45) is 0 Å². The molecular formula is C84H52N4. The molecule has 88 heavy (non-hydrogen) atoms. The number of hydrogen-bond acceptors (Lipinski definition) is 2. The van der Waals surface area contributed by atoms with Gasteiger partial charge in [-0.05, 0) is 197 Å². The Morgan fingerprint density at radius 1 is 0.182 bits per heavy atom. The molecule has 0 atom stereocenters. The van der Waals surface area contributed by atoms with Crippen molar-refractivity contribution in [1.82, 2.24) is 19.1 Å². The van der Waals surface area contributed by atoms with Crippen LogP contribution in [-0.2, 0) is 0 Å². The third-order valence-corrected chi connectivity index (χ3v) is 18.2. The predicted octanol–water partition coefficient (Wildman–Crippen LogP) is 22.4. The van der Waals surface area contributed by atoms with Crippen LogP contribution < -0.4 is 0 Å². The molecule has 0 bridgehead atoms. The zero-order chi connectivity index (χ0) is 57.8. The lowest BCUT2D eigenvalue weighted by atomic mass is 9.98. The van der Waals surface area contributed by atoms with Crippen molar-refractivity contribution in [3.05, 3.63) is 315 Å². The van der Waals surface area contributed by atoms with E-state index in [9.17, 15) is 0 Å². The highest BCUT2D eigenvalue weighted by atomic mass is 15.0. The van der Waals surface area contributed by atoms with Gasteiger partial charge in [0.1, 0.15) is 0 Å². The van der Waals surface area contributed by atoms with Crippen LogP contribution in [0.15, 0.2) is 315 Å². The molecule has 0 aliphatic carbocycles. The first-order valence-corrected chi connectivity index (χ1v) is 30.2. The Labute approximate surface area is 507 Å². The molecule has 3 heterocycles. The van der Waals surface area contributed by atoms with Gasteiger partial charge in [-0.2, -0.15) is 0 Å². The standard InChI is InChI=1S/C84H52N4/c1-5-15-59-45-63(25-21-53(59)11-1)67-33-41-79-73(49-67)74-50-68(64-26-22-54-12-2-6-16-60(54)46-64)34-42-80(74)87(79)71-37-29-57(30-38-71)83-84(86-78-20-10-9-19-77(78)85-83)58-31-39-72(40-32-58)88-81-43-35-69(65-27-23-55-13-3-7-17-61(55)47-65)51-75(81)76-52-70(36-44-82(76)88)66-28-24-56-14-4-8-18-62(56)48-66/h1-52H. The average Bonchev–Trinajstić information content (AvgIpc) is 2.15. The van der Waals surface area contributed by atoms with Gasteiger partial charge >= 0.3 is 0 Å². The van der Waals surface area contributed by atoms with Gasteiger partial charge in [0.2, 0.25) is 0 Å². The molecule has 18 rings (SSSR count). The van der Waals surface area contributed by atoms with Gasteiger partial charge in [0.25, 0.3) is 0 Å². The van der Waals surface area contributed by atoms with Crippen molar-refractivity contribution >= 4 is 97.7 Å². The van der Waals surface area contributed by atoms with Crippen LogP contribution in [0.5, 0.6) is 0 Å². The fraction of sp³-hybridized carbons (Fsp3) is 0. The van der Waals surface area contributed by atoms with Crippen LogP contribution in [0, 0.1) is 0 Å². The highest BCUT2D eigenvalue weighted by molar-refractivity contribution is 6.14. The molecule has 0 N–H and O–H groups in total. The first-order chi connectivity index (χ1) is 43.5. The number of hydrogen-bond donors (Lipinski definition) is 0. The second kappa shape index (κ2) is 20.0. The topological polar surface area (TPSA) is 35.6 Å². The smallest absolute Gasteiger partial charge is 0.0973 e. The zero-order valence-corrected chi connectivity index (χ0v) is 47.8. The van der Waals surface area contributed by atoms with Crippen molar-refractivity contribution in [3.63, 3.8) is 0 Å². The summed E-state index contributed by atoms with van der Waals surface area (Å²) in [6.45, 7) is 0. The van der Waals surface area contributed by atoms with Gasteiger partial charge in [-0.15, -0.1) is 0 Å². The Balaban J connectivity index is 0.743. The molecule has 4 heteroatoms. The second-order valence-electron chi connectivity index (χ2n) is 23.3. The maximum absolute atomic E-state index is 5.41. The molecule has 0 radical (unpaired) electrons. The van der Waals surface area contributed by atoms with Crippen molar-refractivity contribution in [3.8, 4) is 78.4 Å². The molecule has 0 saturated heterocycles. The maximum Gasteiger partial charge on any atom is 0.0973 e. The SMILES string of the molecule is c1ccc2cc(-c3ccc4c(c3)c3cc(-c5ccc6ccccc6c5)ccc3n4-c3ccc(-c4nc5ccccc5nc4-c4ccc(-n5c6ccc(-c7ccc8ccccc8c7)cc6c6cc(-c7ccc8ccccc8c7)ccc65)cc4)cc3)ccc2c1. The minimum atomic E-state index is 0.833. The van der Waals surface area contributed by atoms with E-state index in [1.807, 2.05) is 12.1 Å². The van der Waals surface area contributed by atoms with Gasteiger partial charge < -0.3 is 9.13 Å². The molecular weight excluding hydrogens is 1060 g/mol. The van der Waals surface area contributed by atoms with E-state index in [2.05, 4.69) is 312 Å². The predicted molar refractivity (Wildman–Crippen MR) is 371 cm³/mol. The Morgan fingerprint density at radius 3 is 0.693 bits per heavy atom. The first kappa shape index (κ1) is 49.7. The lowest BCUT2D eigenvalue weighted by Crippen LogP contribution is -1.98. The molecule has 15 aromatic carbocycles. The maximum atomic E-state index is 5.41. The molecule has 0 aliphatic rings. The Bertz CT molecular complexity index is 5230. The number of fused-ring (bicyclic) bond motifs is 11. The van der Waals surface area contributed by atoms with Gasteiger partial charge in [0.05, 0.1) is 44.5 Å². The highest BCUT2D eigenvalue weighted by Crippen LogP contribution is 2.42. The van der Waals surface area contributed by atoms with E-state index in [-0.39, 0.29) is 0 Å². The Hall–Kier alpha value is -11.7. The summed E-state index contributed by atoms with van der Waals surface area (Å²) in [5, 5.41) is 14.7. The largest absolute Gasteiger partial charge is 0.309 e. The van der Waals surface area contributed by atoms with Gasteiger partial charge in [-0.3, -0.25) is 0 Å². The van der Waals surface area contributed by atoms with Crippen LogP contribution in [0.2, 0.25) is 0 Å². The van der Waals surface area contributed by atoms with E-state index in [4.69, 9.17) is 9.97 Å². The van der Waals surface area contributed by atoms with Crippen LogP contribution in [-0.4, -0.2) is 19.1 Å². The first-order valence-electron chi connectivity index (χ1n) is 30.2. The quantitative estimate of drug-likeness (QED) is 0.152. The molecule has 0 unspecified atom stereocenters. The minimum Gasteiger partial charge on any atom is -0.309 e. The minimum absolute atomic E-state index is 0.833. The molecule has 18 aromatic rings. The number of benzene rings is 15. The second-order valence-corrected chi connectivity index (χ2v) is 23.3. The normalized spacial score (nSPS) is 11.9. The number of rotatable bonds is 8. The van der Waals surface area contributed by atoms with Gasteiger partial charge in [0, 0.05) is 44.0 Å². The summed E-state index contributed by atoms with van der Waals surface area (Å²) in [6, 6.07) is 115. The lowest BCUT2D eigenvalue weighted by molar-refractivity contribution is 1.18. The summed E-state index contributed by atoms with van der Waals surface area (Å²) in [5.74, 6) is 0. The Kier molecular flexibility index (Phi) is 11.3. The average molecular weight is 1120 g/mol. The van der Waals surface area contributed by atoms with E-state index in [0.717, 1.165) is 67.0 Å². The molecule has 0 saturated carbocycles. The lowest BCUT2D eigenvalue weighted by Gasteiger charge is -2.14. The monoisotopic (exact) mass is 1120 g/mol. The van der Waals surface area contributed by atoms with E-state index >= 15 is 0 Å². The zero-order valence-electron chi connectivity index (χ0n) is 47.8. The highest BCUT2D eigenvalue weighted by Gasteiger charge is 2.20. The third-order valence-electron chi connectivity index (χ3n) is 18.2. The van der Waals surface area contributed by atoms with E-state index in [0.29, 0.717) is 0 Å². The number of para-hydroxylation sites is 2. The molecule has 408 valence electrons. The van der Waals surface area contributed by atoms with Gasteiger partial charge in [-0.1, -0.05) is 206 Å². The summed E-state index contributed by atoms with van der Waals surface area (Å²) < 4.78 is 4.83. The molecule has 3 aromatic heterocycles. The fourth-order valence-corrected chi connectivity index (χ4v) is 13.7. The summed E-state index contributed by atoms with van der Waals surface area (Å²) in [4.78, 5) is 10.8. The van der Waals surface area contributed by atoms with E-state index in [1.165, 1.54) is 109 Å². The van der Waals surface area contributed by atoms with Crippen molar-refractivity contribution in [1.29, 1.82) is 0 Å². The van der Waals surface area contributed by atoms with Crippen LogP contribution in [0.3, 0.4) is 0 Å². The van der Waals surface area contributed by atoms with Crippen molar-refractivity contribution in [2.45, 2.75) is 0 Å². The van der Waals surface area contributed by atoms with Crippen LogP contribution in [0.25, 0.3) is 176 Å². The van der Waals surface area contributed by atoms with Crippen LogP contribution in [0.4, 0.5) is 0 Å². The molecule has 0 fully saturated rings. The Morgan fingerprint density at radius 2 is 0.409 bits per heavy atom.